The van der Waals surface area contributed by atoms with Crippen molar-refractivity contribution in [3.8, 4) is 0 Å². The van der Waals surface area contributed by atoms with Crippen LogP contribution in [-0.2, 0) is 0 Å². The molecule has 0 spiro atoms. The summed E-state index contributed by atoms with van der Waals surface area (Å²) >= 11 is 5.52. The van der Waals surface area contributed by atoms with Gasteiger partial charge in [-0.2, -0.15) is 0 Å². The average Bonchev–Trinajstić information content (AvgIpc) is 1.87. The van der Waals surface area contributed by atoms with E-state index in [1.807, 2.05) is 6.92 Å². The number of allylic oxidation sites excluding steroid dienone is 1. The zero-order chi connectivity index (χ0) is 7.28. The van der Waals surface area contributed by atoms with E-state index < -0.39 is 0 Å². The van der Waals surface area contributed by atoms with Gasteiger partial charge in [-0.15, -0.1) is 0 Å². The second kappa shape index (κ2) is 4.21. The molecule has 9 heavy (non-hydrogen) atoms. The molecule has 0 unspecified atom stereocenters. The lowest BCUT2D eigenvalue weighted by Crippen LogP contribution is -2.14. The number of halogens is 1. The normalized spacial score (nSPS) is 12.2. The molecular weight excluding hydrogens is 138 g/mol. The quantitative estimate of drug-likeness (QED) is 0.405. The Bertz CT molecular complexity index is 130. The maximum absolute atomic E-state index is 6.69. The summed E-state index contributed by atoms with van der Waals surface area (Å²) in [5.74, 6) is 0. The molecule has 0 saturated heterocycles. The highest BCUT2D eigenvalue weighted by atomic mass is 35.5. The molecule has 4 heteroatoms. The molecule has 0 aromatic rings. The van der Waals surface area contributed by atoms with Crippen LogP contribution >= 0.6 is 11.6 Å². The SMILES string of the molecule is CCN/C(Cl)=C(/N)C=N. The Morgan fingerprint density at radius 1 is 1.89 bits per heavy atom. The van der Waals surface area contributed by atoms with Crippen molar-refractivity contribution >= 4 is 17.8 Å². The Morgan fingerprint density at radius 3 is 2.78 bits per heavy atom. The third-order valence-electron chi connectivity index (χ3n) is 0.741. The lowest BCUT2D eigenvalue weighted by Gasteiger charge is -2.00. The van der Waals surface area contributed by atoms with E-state index in [-0.39, 0.29) is 5.70 Å². The number of hydrogen-bond acceptors (Lipinski definition) is 3. The molecule has 0 rings (SSSR count). The van der Waals surface area contributed by atoms with Crippen molar-refractivity contribution in [1.29, 1.82) is 5.41 Å². The lowest BCUT2D eigenvalue weighted by atomic mass is 10.5. The second-order valence-electron chi connectivity index (χ2n) is 1.44. The van der Waals surface area contributed by atoms with Gasteiger partial charge in [-0.05, 0) is 6.92 Å². The van der Waals surface area contributed by atoms with Crippen LogP contribution in [0.25, 0.3) is 0 Å². The van der Waals surface area contributed by atoms with Crippen LogP contribution in [0.1, 0.15) is 6.92 Å². The Labute approximate surface area is 59.4 Å². The van der Waals surface area contributed by atoms with E-state index in [1.165, 1.54) is 0 Å². The molecule has 0 aliphatic carbocycles. The highest BCUT2D eigenvalue weighted by Gasteiger charge is 1.92. The van der Waals surface area contributed by atoms with Gasteiger partial charge in [0, 0.05) is 12.8 Å². The van der Waals surface area contributed by atoms with Crippen LogP contribution in [0.15, 0.2) is 10.9 Å². The Hall–Kier alpha value is -0.700. The smallest absolute Gasteiger partial charge is 0.127 e. The summed E-state index contributed by atoms with van der Waals surface area (Å²) in [6, 6.07) is 0. The summed E-state index contributed by atoms with van der Waals surface area (Å²) in [5.41, 5.74) is 5.51. The monoisotopic (exact) mass is 147 g/mol. The molecule has 4 N–H and O–H groups in total. The molecule has 0 amide bonds. The molecule has 0 aliphatic rings. The van der Waals surface area contributed by atoms with Crippen LogP contribution in [0, 0.1) is 5.41 Å². The van der Waals surface area contributed by atoms with Crippen molar-refractivity contribution in [3.63, 3.8) is 0 Å². The zero-order valence-corrected chi connectivity index (χ0v) is 6.00. The standard InChI is InChI=1S/C5H10ClN3/c1-2-9-5(6)4(8)3-7/h3,7,9H,2,8H2,1H3/b5-4+,7-3?. The summed E-state index contributed by atoms with van der Waals surface area (Å²) in [6.45, 7) is 2.62. The van der Waals surface area contributed by atoms with E-state index in [0.29, 0.717) is 11.7 Å². The number of rotatable bonds is 3. The Balaban J connectivity index is 3.93. The van der Waals surface area contributed by atoms with Crippen molar-refractivity contribution in [1.82, 2.24) is 5.32 Å². The van der Waals surface area contributed by atoms with E-state index in [1.54, 1.807) is 0 Å². The molecule has 0 saturated carbocycles. The van der Waals surface area contributed by atoms with Crippen molar-refractivity contribution in [2.75, 3.05) is 6.54 Å². The fourth-order valence-electron chi connectivity index (χ4n) is 0.321. The third kappa shape index (κ3) is 2.98. The first-order chi connectivity index (χ1) is 4.22. The van der Waals surface area contributed by atoms with Crippen molar-refractivity contribution in [2.24, 2.45) is 5.73 Å². The van der Waals surface area contributed by atoms with Crippen molar-refractivity contribution < 1.29 is 0 Å². The Morgan fingerprint density at radius 2 is 2.44 bits per heavy atom. The lowest BCUT2D eigenvalue weighted by molar-refractivity contribution is 0.893. The average molecular weight is 148 g/mol. The highest BCUT2D eigenvalue weighted by Crippen LogP contribution is 1.96. The van der Waals surface area contributed by atoms with Gasteiger partial charge in [0.15, 0.2) is 0 Å². The molecule has 0 heterocycles. The maximum atomic E-state index is 6.69. The minimum atomic E-state index is 0.263. The number of nitrogens with two attached hydrogens (primary N) is 1. The largest absolute Gasteiger partial charge is 0.395 e. The highest BCUT2D eigenvalue weighted by molar-refractivity contribution is 6.30. The first-order valence-corrected chi connectivity index (χ1v) is 2.99. The molecule has 3 nitrogen and oxygen atoms in total. The topological polar surface area (TPSA) is 61.9 Å². The van der Waals surface area contributed by atoms with Gasteiger partial charge in [0.1, 0.15) is 5.16 Å². The van der Waals surface area contributed by atoms with Gasteiger partial charge < -0.3 is 16.5 Å². The second-order valence-corrected chi connectivity index (χ2v) is 1.82. The van der Waals surface area contributed by atoms with Crippen LogP contribution in [0.3, 0.4) is 0 Å². The minimum Gasteiger partial charge on any atom is -0.395 e. The molecule has 0 aliphatic heterocycles. The molecule has 0 aromatic heterocycles. The molecule has 0 atom stereocenters. The molecule has 52 valence electrons. The number of hydrogen-bond donors (Lipinski definition) is 3. The maximum Gasteiger partial charge on any atom is 0.127 e. The summed E-state index contributed by atoms with van der Waals surface area (Å²) in [7, 11) is 0. The van der Waals surface area contributed by atoms with E-state index in [0.717, 1.165) is 6.21 Å². The van der Waals surface area contributed by atoms with Crippen LogP contribution in [0.2, 0.25) is 0 Å². The molecule has 0 radical (unpaired) electrons. The predicted molar refractivity (Wildman–Crippen MR) is 39.5 cm³/mol. The van der Waals surface area contributed by atoms with Gasteiger partial charge >= 0.3 is 0 Å². The summed E-state index contributed by atoms with van der Waals surface area (Å²) in [4.78, 5) is 0. The summed E-state index contributed by atoms with van der Waals surface area (Å²) in [5, 5.41) is 9.79. The molecule has 0 bridgehead atoms. The van der Waals surface area contributed by atoms with Crippen LogP contribution in [-0.4, -0.2) is 12.8 Å². The van der Waals surface area contributed by atoms with E-state index >= 15 is 0 Å². The van der Waals surface area contributed by atoms with E-state index in [4.69, 9.17) is 22.7 Å². The van der Waals surface area contributed by atoms with Gasteiger partial charge in [-0.25, -0.2) is 0 Å². The van der Waals surface area contributed by atoms with Crippen LogP contribution < -0.4 is 11.1 Å². The van der Waals surface area contributed by atoms with Crippen LogP contribution in [0.5, 0.6) is 0 Å². The predicted octanol–water partition coefficient (Wildman–Crippen LogP) is 0.612. The van der Waals surface area contributed by atoms with E-state index in [9.17, 15) is 0 Å². The molecule has 0 fully saturated rings. The van der Waals surface area contributed by atoms with Gasteiger partial charge in [-0.1, -0.05) is 11.6 Å². The summed E-state index contributed by atoms with van der Waals surface area (Å²) < 4.78 is 0. The fourth-order valence-corrected chi connectivity index (χ4v) is 0.509. The molecule has 0 aromatic carbocycles. The van der Waals surface area contributed by atoms with Crippen LogP contribution in [0.4, 0.5) is 0 Å². The minimum absolute atomic E-state index is 0.263. The van der Waals surface area contributed by atoms with Gasteiger partial charge in [0.05, 0.1) is 5.70 Å². The van der Waals surface area contributed by atoms with E-state index in [2.05, 4.69) is 5.32 Å². The molecular formula is C5H10ClN3. The van der Waals surface area contributed by atoms with Gasteiger partial charge in [0.2, 0.25) is 0 Å². The van der Waals surface area contributed by atoms with Gasteiger partial charge in [0.25, 0.3) is 0 Å². The van der Waals surface area contributed by atoms with Gasteiger partial charge in [-0.3, -0.25) is 0 Å². The summed E-state index contributed by atoms with van der Waals surface area (Å²) in [6.07, 6.45) is 1.00. The third-order valence-corrected chi connectivity index (χ3v) is 1.09. The first-order valence-electron chi connectivity index (χ1n) is 2.62. The zero-order valence-electron chi connectivity index (χ0n) is 5.24. The fraction of sp³-hybridized carbons (Fsp3) is 0.400. The number of nitrogens with one attached hydrogen (secondary N) is 2. The van der Waals surface area contributed by atoms with Crippen molar-refractivity contribution in [3.05, 3.63) is 10.9 Å². The Kier molecular flexibility index (Phi) is 3.88. The van der Waals surface area contributed by atoms with Crippen molar-refractivity contribution in [2.45, 2.75) is 6.92 Å². The first kappa shape index (κ1) is 8.30.